The second kappa shape index (κ2) is 3.66. The van der Waals surface area contributed by atoms with Gasteiger partial charge < -0.3 is 5.11 Å². The third-order valence-corrected chi connectivity index (χ3v) is 1.67. The largest absolute Gasteiger partial charge is 0.478 e. The van der Waals surface area contributed by atoms with Crippen LogP contribution in [0.5, 0.6) is 0 Å². The molecule has 0 aromatic carbocycles. The van der Waals surface area contributed by atoms with Crippen LogP contribution in [0.3, 0.4) is 0 Å². The van der Waals surface area contributed by atoms with E-state index < -0.39 is 28.7 Å². The molecular weight excluding hydrogens is 204 g/mol. The zero-order valence-corrected chi connectivity index (χ0v) is 6.92. The van der Waals surface area contributed by atoms with Gasteiger partial charge in [-0.05, 0) is 6.07 Å². The number of rotatable bonds is 2. The topological polar surface area (TPSA) is 50.2 Å². The Morgan fingerprint density at radius 1 is 1.62 bits per heavy atom. The van der Waals surface area contributed by atoms with Crippen LogP contribution in [0, 0.1) is 0 Å². The van der Waals surface area contributed by atoms with Crippen LogP contribution in [0.2, 0.25) is 5.15 Å². The molecule has 0 saturated heterocycles. The molecule has 1 rings (SSSR count). The Hall–Kier alpha value is -1.23. The molecule has 1 aromatic heterocycles. The Labute approximate surface area is 77.0 Å². The molecule has 3 nitrogen and oxygen atoms in total. The number of alkyl halides is 2. The smallest absolute Gasteiger partial charge is 0.339 e. The molecule has 0 spiro atoms. The summed E-state index contributed by atoms with van der Waals surface area (Å²) in [4.78, 5) is 13.9. The highest BCUT2D eigenvalue weighted by Gasteiger charge is 2.21. The summed E-state index contributed by atoms with van der Waals surface area (Å²) in [5.74, 6) is -1.51. The Morgan fingerprint density at radius 3 is 2.62 bits per heavy atom. The number of hydrogen-bond acceptors (Lipinski definition) is 2. The van der Waals surface area contributed by atoms with Gasteiger partial charge in [-0.1, -0.05) is 11.6 Å². The van der Waals surface area contributed by atoms with E-state index in [1.165, 1.54) is 0 Å². The molecule has 0 aliphatic carbocycles. The van der Waals surface area contributed by atoms with Crippen molar-refractivity contribution in [2.75, 3.05) is 0 Å². The average molecular weight is 208 g/mol. The standard InChI is InChI=1S/C7H4ClF2NO2/c8-5-4(7(12)13)3(6(9)10)1-2-11-5/h1-2,6H,(H,12,13). The summed E-state index contributed by atoms with van der Waals surface area (Å²) in [6.07, 6.45) is -1.83. The Kier molecular flexibility index (Phi) is 2.77. The van der Waals surface area contributed by atoms with Crippen molar-refractivity contribution < 1.29 is 18.7 Å². The van der Waals surface area contributed by atoms with Crippen LogP contribution in [-0.2, 0) is 0 Å². The molecular formula is C7H4ClF2NO2. The van der Waals surface area contributed by atoms with Crippen molar-refractivity contribution in [1.29, 1.82) is 0 Å². The zero-order valence-electron chi connectivity index (χ0n) is 6.17. The van der Waals surface area contributed by atoms with E-state index in [4.69, 9.17) is 16.7 Å². The van der Waals surface area contributed by atoms with Crippen molar-refractivity contribution in [3.63, 3.8) is 0 Å². The second-order valence-electron chi connectivity index (χ2n) is 2.17. The van der Waals surface area contributed by atoms with Gasteiger partial charge in [0.05, 0.1) is 0 Å². The third-order valence-electron chi connectivity index (χ3n) is 1.39. The van der Waals surface area contributed by atoms with E-state index >= 15 is 0 Å². The molecule has 0 fully saturated rings. The van der Waals surface area contributed by atoms with Gasteiger partial charge in [-0.3, -0.25) is 0 Å². The molecule has 1 N–H and O–H groups in total. The predicted octanol–water partition coefficient (Wildman–Crippen LogP) is 2.37. The molecule has 70 valence electrons. The van der Waals surface area contributed by atoms with Crippen LogP contribution < -0.4 is 0 Å². The fourth-order valence-electron chi connectivity index (χ4n) is 0.844. The normalized spacial score (nSPS) is 10.5. The fourth-order valence-corrected chi connectivity index (χ4v) is 1.09. The summed E-state index contributed by atoms with van der Waals surface area (Å²) < 4.78 is 24.4. The lowest BCUT2D eigenvalue weighted by Gasteiger charge is -2.04. The van der Waals surface area contributed by atoms with Gasteiger partial charge in [0.1, 0.15) is 10.7 Å². The van der Waals surface area contributed by atoms with Gasteiger partial charge in [0.25, 0.3) is 6.43 Å². The maximum absolute atomic E-state index is 12.2. The lowest BCUT2D eigenvalue weighted by molar-refractivity contribution is 0.0684. The van der Waals surface area contributed by atoms with Gasteiger partial charge in [0, 0.05) is 11.8 Å². The summed E-state index contributed by atoms with van der Waals surface area (Å²) in [6, 6.07) is 0.931. The third kappa shape index (κ3) is 1.92. The number of carboxylic acid groups (broad SMARTS) is 1. The first-order valence-corrected chi connectivity index (χ1v) is 3.57. The lowest BCUT2D eigenvalue weighted by Crippen LogP contribution is -2.05. The second-order valence-corrected chi connectivity index (χ2v) is 2.53. The van der Waals surface area contributed by atoms with Crippen molar-refractivity contribution in [3.8, 4) is 0 Å². The molecule has 0 atom stereocenters. The molecule has 0 radical (unpaired) electrons. The highest BCUT2D eigenvalue weighted by atomic mass is 35.5. The summed E-state index contributed by atoms with van der Waals surface area (Å²) in [5, 5.41) is 8.11. The monoisotopic (exact) mass is 207 g/mol. The van der Waals surface area contributed by atoms with E-state index in [1.807, 2.05) is 0 Å². The summed E-state index contributed by atoms with van der Waals surface area (Å²) in [7, 11) is 0. The van der Waals surface area contributed by atoms with Gasteiger partial charge in [-0.25, -0.2) is 18.6 Å². The number of carbonyl (C=O) groups is 1. The first kappa shape index (κ1) is 9.85. The highest BCUT2D eigenvalue weighted by molar-refractivity contribution is 6.32. The quantitative estimate of drug-likeness (QED) is 0.758. The van der Waals surface area contributed by atoms with E-state index in [-0.39, 0.29) is 0 Å². The van der Waals surface area contributed by atoms with Gasteiger partial charge in [0.15, 0.2) is 0 Å². The molecule has 0 bridgehead atoms. The minimum absolute atomic E-state index is 0.426. The molecule has 0 unspecified atom stereocenters. The molecule has 13 heavy (non-hydrogen) atoms. The van der Waals surface area contributed by atoms with Crippen molar-refractivity contribution in [2.24, 2.45) is 0 Å². The van der Waals surface area contributed by atoms with Crippen LogP contribution in [0.15, 0.2) is 12.3 Å². The minimum atomic E-state index is -2.87. The Morgan fingerprint density at radius 2 is 2.23 bits per heavy atom. The van der Waals surface area contributed by atoms with Crippen LogP contribution in [0.4, 0.5) is 8.78 Å². The highest BCUT2D eigenvalue weighted by Crippen LogP contribution is 2.26. The van der Waals surface area contributed by atoms with Gasteiger partial charge in [0.2, 0.25) is 0 Å². The molecule has 1 heterocycles. The summed E-state index contributed by atoms with van der Waals surface area (Å²) in [6.45, 7) is 0. The van der Waals surface area contributed by atoms with Crippen LogP contribution in [0.25, 0.3) is 0 Å². The number of nitrogens with zero attached hydrogens (tertiary/aromatic N) is 1. The van der Waals surface area contributed by atoms with E-state index in [1.54, 1.807) is 0 Å². The zero-order chi connectivity index (χ0) is 10.0. The fraction of sp³-hybridized carbons (Fsp3) is 0.143. The maximum atomic E-state index is 12.2. The maximum Gasteiger partial charge on any atom is 0.339 e. The molecule has 0 aliphatic rings. The van der Waals surface area contributed by atoms with Gasteiger partial charge in [-0.2, -0.15) is 0 Å². The van der Waals surface area contributed by atoms with E-state index in [9.17, 15) is 13.6 Å². The van der Waals surface area contributed by atoms with E-state index in [0.29, 0.717) is 0 Å². The lowest BCUT2D eigenvalue weighted by atomic mass is 10.1. The van der Waals surface area contributed by atoms with Crippen LogP contribution in [-0.4, -0.2) is 16.1 Å². The summed E-state index contributed by atoms with van der Waals surface area (Å²) >= 11 is 5.34. The van der Waals surface area contributed by atoms with E-state index in [2.05, 4.69) is 4.98 Å². The summed E-state index contributed by atoms with van der Waals surface area (Å²) in [5.41, 5.74) is -1.26. The SMILES string of the molecule is O=C(O)c1c(C(F)F)ccnc1Cl. The number of hydrogen-bond donors (Lipinski definition) is 1. The number of aromatic carboxylic acids is 1. The number of pyridine rings is 1. The average Bonchev–Trinajstić information content (AvgIpc) is 2.02. The van der Waals surface area contributed by atoms with Crippen LogP contribution >= 0.6 is 11.6 Å². The molecule has 0 saturated carbocycles. The van der Waals surface area contributed by atoms with E-state index in [0.717, 1.165) is 12.3 Å². The number of aromatic nitrogens is 1. The van der Waals surface area contributed by atoms with Crippen molar-refractivity contribution in [1.82, 2.24) is 4.98 Å². The van der Waals surface area contributed by atoms with Crippen LogP contribution in [0.1, 0.15) is 22.3 Å². The van der Waals surface area contributed by atoms with Gasteiger partial charge in [-0.15, -0.1) is 0 Å². The number of halogens is 3. The Balaban J connectivity index is 3.34. The molecule has 0 aliphatic heterocycles. The van der Waals surface area contributed by atoms with Gasteiger partial charge >= 0.3 is 5.97 Å². The molecule has 1 aromatic rings. The molecule has 6 heteroatoms. The van der Waals surface area contributed by atoms with Crippen molar-refractivity contribution in [2.45, 2.75) is 6.43 Å². The van der Waals surface area contributed by atoms with Crippen molar-refractivity contribution >= 4 is 17.6 Å². The first-order chi connectivity index (χ1) is 6.04. The first-order valence-electron chi connectivity index (χ1n) is 3.20. The minimum Gasteiger partial charge on any atom is -0.478 e. The molecule has 0 amide bonds. The Bertz CT molecular complexity index is 343. The predicted molar refractivity (Wildman–Crippen MR) is 41.2 cm³/mol. The number of carboxylic acids is 1. The van der Waals surface area contributed by atoms with Crippen molar-refractivity contribution in [3.05, 3.63) is 28.5 Å².